The summed E-state index contributed by atoms with van der Waals surface area (Å²) in [5.41, 5.74) is 10.8. The number of carbonyl (C=O) groups excluding carboxylic acids is 1. The summed E-state index contributed by atoms with van der Waals surface area (Å²) in [7, 11) is 0. The van der Waals surface area contributed by atoms with Gasteiger partial charge in [-0.3, -0.25) is 4.90 Å². The number of hydrogen-bond donors (Lipinski definition) is 2. The van der Waals surface area contributed by atoms with Gasteiger partial charge in [-0.2, -0.15) is 0 Å². The topological polar surface area (TPSA) is 75.6 Å². The number of piperazine rings is 1. The van der Waals surface area contributed by atoms with Crippen LogP contribution in [0.4, 0.5) is 4.79 Å². The summed E-state index contributed by atoms with van der Waals surface area (Å²) >= 11 is 0. The molecule has 0 aromatic heterocycles. The molecular formula is C10H22N4O. The molecule has 0 radical (unpaired) electrons. The van der Waals surface area contributed by atoms with Crippen molar-refractivity contribution in [2.24, 2.45) is 11.5 Å². The van der Waals surface area contributed by atoms with Gasteiger partial charge in [0.25, 0.3) is 0 Å². The molecule has 1 aliphatic heterocycles. The summed E-state index contributed by atoms with van der Waals surface area (Å²) in [5, 5.41) is 0. The van der Waals surface area contributed by atoms with Gasteiger partial charge in [0, 0.05) is 32.2 Å². The average Bonchev–Trinajstić information content (AvgIpc) is 2.26. The second kappa shape index (κ2) is 5.92. The van der Waals surface area contributed by atoms with Crippen LogP contribution in [0, 0.1) is 0 Å². The highest BCUT2D eigenvalue weighted by molar-refractivity contribution is 5.72. The molecule has 88 valence electrons. The van der Waals surface area contributed by atoms with Crippen LogP contribution in [0.3, 0.4) is 0 Å². The molecule has 2 amide bonds. The number of hydrogen-bond acceptors (Lipinski definition) is 3. The van der Waals surface area contributed by atoms with Gasteiger partial charge in [0.05, 0.1) is 0 Å². The molecule has 0 aromatic carbocycles. The number of carbonyl (C=O) groups is 1. The molecule has 1 unspecified atom stereocenters. The molecule has 1 aliphatic rings. The van der Waals surface area contributed by atoms with E-state index in [4.69, 9.17) is 11.5 Å². The summed E-state index contributed by atoms with van der Waals surface area (Å²) in [4.78, 5) is 15.0. The predicted molar refractivity (Wildman–Crippen MR) is 60.5 cm³/mol. The Morgan fingerprint density at radius 3 is 2.33 bits per heavy atom. The lowest BCUT2D eigenvalue weighted by Gasteiger charge is -2.38. The van der Waals surface area contributed by atoms with Crippen molar-refractivity contribution in [1.29, 1.82) is 0 Å². The summed E-state index contributed by atoms with van der Waals surface area (Å²) in [6, 6.07) is 0.256. The Morgan fingerprint density at radius 2 is 1.93 bits per heavy atom. The molecule has 1 saturated heterocycles. The second-order valence-electron chi connectivity index (χ2n) is 4.00. The van der Waals surface area contributed by atoms with Crippen LogP contribution in [0.25, 0.3) is 0 Å². The number of rotatable bonds is 4. The lowest BCUT2D eigenvalue weighted by Crippen LogP contribution is -2.53. The first-order chi connectivity index (χ1) is 7.19. The summed E-state index contributed by atoms with van der Waals surface area (Å²) in [6.07, 6.45) is 2.15. The molecule has 1 atom stereocenters. The highest BCUT2D eigenvalue weighted by Crippen LogP contribution is 2.11. The number of urea groups is 1. The fourth-order valence-corrected chi connectivity index (χ4v) is 2.14. The fraction of sp³-hybridized carbons (Fsp3) is 0.900. The monoisotopic (exact) mass is 214 g/mol. The first kappa shape index (κ1) is 12.3. The molecular weight excluding hydrogens is 192 g/mol. The van der Waals surface area contributed by atoms with Gasteiger partial charge >= 0.3 is 6.03 Å². The van der Waals surface area contributed by atoms with Gasteiger partial charge < -0.3 is 16.4 Å². The standard InChI is InChI=1S/C10H22N4O/c1-2-9(3-4-11)13-5-7-14(8-6-13)10(12)15/h9H,2-8,11H2,1H3,(H2,12,15). The molecule has 0 aromatic rings. The Hall–Kier alpha value is -0.810. The van der Waals surface area contributed by atoms with Crippen molar-refractivity contribution in [3.05, 3.63) is 0 Å². The van der Waals surface area contributed by atoms with Crippen LogP contribution in [-0.4, -0.2) is 54.6 Å². The van der Waals surface area contributed by atoms with Crippen molar-refractivity contribution >= 4 is 6.03 Å². The molecule has 0 aliphatic carbocycles. The maximum atomic E-state index is 10.9. The van der Waals surface area contributed by atoms with Gasteiger partial charge in [0.15, 0.2) is 0 Å². The zero-order chi connectivity index (χ0) is 11.3. The lowest BCUT2D eigenvalue weighted by molar-refractivity contribution is 0.106. The Morgan fingerprint density at radius 1 is 1.33 bits per heavy atom. The Labute approximate surface area is 91.4 Å². The molecule has 5 nitrogen and oxygen atoms in total. The van der Waals surface area contributed by atoms with E-state index in [2.05, 4.69) is 11.8 Å². The van der Waals surface area contributed by atoms with E-state index in [1.54, 1.807) is 4.90 Å². The molecule has 1 fully saturated rings. The van der Waals surface area contributed by atoms with Gasteiger partial charge in [-0.05, 0) is 19.4 Å². The SMILES string of the molecule is CCC(CCN)N1CCN(C(N)=O)CC1. The quantitative estimate of drug-likeness (QED) is 0.681. The van der Waals surface area contributed by atoms with Gasteiger partial charge in [-0.25, -0.2) is 4.79 Å². The van der Waals surface area contributed by atoms with Crippen molar-refractivity contribution < 1.29 is 4.79 Å². The Bertz CT molecular complexity index is 202. The third-order valence-corrected chi connectivity index (χ3v) is 3.11. The van der Waals surface area contributed by atoms with Crippen LogP contribution >= 0.6 is 0 Å². The summed E-state index contributed by atoms with van der Waals surface area (Å²) in [6.45, 7) is 6.24. The van der Waals surface area contributed by atoms with Crippen LogP contribution in [-0.2, 0) is 0 Å². The first-order valence-electron chi connectivity index (χ1n) is 5.67. The van der Waals surface area contributed by atoms with Crippen molar-refractivity contribution in [2.45, 2.75) is 25.8 Å². The highest BCUT2D eigenvalue weighted by Gasteiger charge is 2.23. The zero-order valence-corrected chi connectivity index (χ0v) is 9.48. The minimum atomic E-state index is -0.304. The normalized spacial score (nSPS) is 20.3. The maximum absolute atomic E-state index is 10.9. The van der Waals surface area contributed by atoms with Gasteiger partial charge in [0.2, 0.25) is 0 Å². The van der Waals surface area contributed by atoms with Crippen LogP contribution in [0.15, 0.2) is 0 Å². The number of amides is 2. The molecule has 1 rings (SSSR count). The number of nitrogens with zero attached hydrogens (tertiary/aromatic N) is 2. The summed E-state index contributed by atoms with van der Waals surface area (Å²) in [5.74, 6) is 0. The summed E-state index contributed by atoms with van der Waals surface area (Å²) < 4.78 is 0. The third kappa shape index (κ3) is 3.35. The van der Waals surface area contributed by atoms with E-state index in [0.29, 0.717) is 6.04 Å². The van der Waals surface area contributed by atoms with Crippen molar-refractivity contribution in [3.8, 4) is 0 Å². The molecule has 1 heterocycles. The van der Waals surface area contributed by atoms with E-state index in [0.717, 1.165) is 45.6 Å². The van der Waals surface area contributed by atoms with E-state index >= 15 is 0 Å². The van der Waals surface area contributed by atoms with E-state index in [9.17, 15) is 4.79 Å². The predicted octanol–water partition coefficient (Wildman–Crippen LogP) is -0.190. The van der Waals surface area contributed by atoms with Gasteiger partial charge in [-0.15, -0.1) is 0 Å². The molecule has 5 heteroatoms. The van der Waals surface area contributed by atoms with E-state index in [1.165, 1.54) is 0 Å². The van der Waals surface area contributed by atoms with Crippen LogP contribution in [0.2, 0.25) is 0 Å². The number of nitrogens with two attached hydrogens (primary N) is 2. The minimum Gasteiger partial charge on any atom is -0.351 e. The van der Waals surface area contributed by atoms with Crippen LogP contribution in [0.5, 0.6) is 0 Å². The van der Waals surface area contributed by atoms with E-state index < -0.39 is 0 Å². The minimum absolute atomic E-state index is 0.304. The molecule has 0 saturated carbocycles. The highest BCUT2D eigenvalue weighted by atomic mass is 16.2. The van der Waals surface area contributed by atoms with Gasteiger partial charge in [0.1, 0.15) is 0 Å². The lowest BCUT2D eigenvalue weighted by atomic mass is 10.1. The van der Waals surface area contributed by atoms with E-state index in [1.807, 2.05) is 0 Å². The fourth-order valence-electron chi connectivity index (χ4n) is 2.14. The van der Waals surface area contributed by atoms with Crippen molar-refractivity contribution in [2.75, 3.05) is 32.7 Å². The van der Waals surface area contributed by atoms with Crippen LogP contribution in [0.1, 0.15) is 19.8 Å². The second-order valence-corrected chi connectivity index (χ2v) is 4.00. The zero-order valence-electron chi connectivity index (χ0n) is 9.48. The Balaban J connectivity index is 2.38. The third-order valence-electron chi connectivity index (χ3n) is 3.11. The van der Waals surface area contributed by atoms with Crippen molar-refractivity contribution in [3.63, 3.8) is 0 Å². The maximum Gasteiger partial charge on any atom is 0.314 e. The molecule has 4 N–H and O–H groups in total. The first-order valence-corrected chi connectivity index (χ1v) is 5.67. The Kier molecular flexibility index (Phi) is 4.84. The van der Waals surface area contributed by atoms with Crippen LogP contribution < -0.4 is 11.5 Å². The smallest absolute Gasteiger partial charge is 0.314 e. The molecule has 0 bridgehead atoms. The largest absolute Gasteiger partial charge is 0.351 e. The average molecular weight is 214 g/mol. The molecule has 0 spiro atoms. The van der Waals surface area contributed by atoms with Crippen molar-refractivity contribution in [1.82, 2.24) is 9.80 Å². The van der Waals surface area contributed by atoms with Gasteiger partial charge in [-0.1, -0.05) is 6.92 Å². The number of primary amides is 1. The molecule has 15 heavy (non-hydrogen) atoms. The van der Waals surface area contributed by atoms with E-state index in [-0.39, 0.29) is 6.03 Å².